The van der Waals surface area contributed by atoms with Gasteiger partial charge in [0.05, 0.1) is 23.3 Å². The molecule has 2 heterocycles. The van der Waals surface area contributed by atoms with E-state index in [2.05, 4.69) is 36.4 Å². The molecule has 14 heteroatoms. The molecule has 4 aromatic rings. The summed E-state index contributed by atoms with van der Waals surface area (Å²) in [6.07, 6.45) is 2.52. The van der Waals surface area contributed by atoms with Crippen molar-refractivity contribution in [2.45, 2.75) is 32.0 Å². The van der Waals surface area contributed by atoms with Crippen LogP contribution in [-0.2, 0) is 17.6 Å². The number of aryl methyl sites for hydroxylation is 1. The molecule has 44 heavy (non-hydrogen) atoms. The van der Waals surface area contributed by atoms with Crippen molar-refractivity contribution in [1.82, 2.24) is 20.2 Å². The van der Waals surface area contributed by atoms with Gasteiger partial charge in [0.2, 0.25) is 11.0 Å². The second-order valence-electron chi connectivity index (χ2n) is 9.89. The number of thioether (sulfide) groups is 1. The number of hydrogen-bond acceptors (Lipinski definition) is 7. The SMILES string of the molecule is O=C1CSC(=NC(=S)N/N=C/c2ccc(-c3ncn(-c4ccc(OC(F)(F)F)cc4)n3)cc2)N1c1cccc2c1CCCC2. The number of aliphatic imine (C=N–C) groups is 1. The van der Waals surface area contributed by atoms with Crippen molar-refractivity contribution < 1.29 is 22.7 Å². The first kappa shape index (κ1) is 29.5. The van der Waals surface area contributed by atoms with E-state index in [0.717, 1.165) is 42.5 Å². The number of carbonyl (C=O) groups is 1. The molecule has 1 amide bonds. The number of rotatable bonds is 6. The number of hydrazone groups is 1. The van der Waals surface area contributed by atoms with E-state index in [9.17, 15) is 18.0 Å². The molecule has 1 saturated heterocycles. The van der Waals surface area contributed by atoms with Gasteiger partial charge in [-0.05, 0) is 84.9 Å². The van der Waals surface area contributed by atoms with Gasteiger partial charge in [-0.1, -0.05) is 48.2 Å². The van der Waals surface area contributed by atoms with Crippen LogP contribution in [0, 0.1) is 0 Å². The number of nitrogens with zero attached hydrogens (tertiary/aromatic N) is 6. The van der Waals surface area contributed by atoms with Gasteiger partial charge in [-0.2, -0.15) is 10.1 Å². The molecule has 3 aromatic carbocycles. The first-order valence-corrected chi connectivity index (χ1v) is 15.0. The quantitative estimate of drug-likeness (QED) is 0.156. The molecule has 0 bridgehead atoms. The van der Waals surface area contributed by atoms with Crippen LogP contribution in [0.25, 0.3) is 17.1 Å². The van der Waals surface area contributed by atoms with Gasteiger partial charge >= 0.3 is 6.36 Å². The molecule has 224 valence electrons. The fourth-order valence-corrected chi connectivity index (χ4v) is 6.03. The Morgan fingerprint density at radius 1 is 1.05 bits per heavy atom. The summed E-state index contributed by atoms with van der Waals surface area (Å²) in [5.74, 6) is 0.400. The Labute approximate surface area is 259 Å². The molecule has 1 N–H and O–H groups in total. The molecule has 0 spiro atoms. The Bertz CT molecular complexity index is 1750. The first-order chi connectivity index (χ1) is 21.2. The van der Waals surface area contributed by atoms with Crippen LogP contribution in [0.2, 0.25) is 0 Å². The van der Waals surface area contributed by atoms with E-state index in [0.29, 0.717) is 22.4 Å². The van der Waals surface area contributed by atoms with Crippen molar-refractivity contribution in [2.75, 3.05) is 10.7 Å². The highest BCUT2D eigenvalue weighted by atomic mass is 32.2. The van der Waals surface area contributed by atoms with Gasteiger partial charge in [-0.15, -0.1) is 18.3 Å². The molecule has 0 unspecified atom stereocenters. The van der Waals surface area contributed by atoms with Gasteiger partial charge < -0.3 is 4.74 Å². The first-order valence-electron chi connectivity index (χ1n) is 13.6. The van der Waals surface area contributed by atoms with Crippen LogP contribution in [0.4, 0.5) is 18.9 Å². The fourth-order valence-electron chi connectivity index (χ4n) is 4.96. The van der Waals surface area contributed by atoms with Crippen molar-refractivity contribution in [3.63, 3.8) is 0 Å². The van der Waals surface area contributed by atoms with Crippen molar-refractivity contribution in [3.05, 3.63) is 89.7 Å². The second kappa shape index (κ2) is 12.6. The summed E-state index contributed by atoms with van der Waals surface area (Å²) in [6, 6.07) is 18.7. The molecule has 2 aliphatic rings. The summed E-state index contributed by atoms with van der Waals surface area (Å²) < 4.78 is 42.6. The van der Waals surface area contributed by atoms with E-state index >= 15 is 0 Å². The Kier molecular flexibility index (Phi) is 8.44. The minimum Gasteiger partial charge on any atom is -0.406 e. The van der Waals surface area contributed by atoms with Gasteiger partial charge in [-0.3, -0.25) is 15.1 Å². The van der Waals surface area contributed by atoms with Gasteiger partial charge in [0, 0.05) is 5.56 Å². The lowest BCUT2D eigenvalue weighted by molar-refractivity contribution is -0.274. The zero-order valence-corrected chi connectivity index (χ0v) is 24.6. The van der Waals surface area contributed by atoms with Crippen molar-refractivity contribution in [3.8, 4) is 22.8 Å². The Morgan fingerprint density at radius 2 is 1.82 bits per heavy atom. The highest BCUT2D eigenvalue weighted by Gasteiger charge is 2.33. The summed E-state index contributed by atoms with van der Waals surface area (Å²) in [5, 5.41) is 9.27. The maximum absolute atomic E-state index is 12.8. The zero-order valence-electron chi connectivity index (χ0n) is 23.0. The minimum atomic E-state index is -4.75. The predicted octanol–water partition coefficient (Wildman–Crippen LogP) is 6.06. The smallest absolute Gasteiger partial charge is 0.406 e. The van der Waals surface area contributed by atoms with Crippen molar-refractivity contribution in [1.29, 1.82) is 0 Å². The van der Waals surface area contributed by atoms with E-state index in [1.807, 2.05) is 36.4 Å². The largest absolute Gasteiger partial charge is 0.573 e. The summed E-state index contributed by atoms with van der Waals surface area (Å²) in [7, 11) is 0. The fraction of sp³-hybridized carbons (Fsp3) is 0.200. The highest BCUT2D eigenvalue weighted by Crippen LogP contribution is 2.35. The topological polar surface area (TPSA) is 97.0 Å². The van der Waals surface area contributed by atoms with E-state index in [4.69, 9.17) is 12.2 Å². The molecule has 1 fully saturated rings. The molecule has 6 rings (SSSR count). The van der Waals surface area contributed by atoms with Crippen molar-refractivity contribution >= 4 is 52.1 Å². The number of amides is 1. The van der Waals surface area contributed by atoms with Crippen LogP contribution in [-0.4, -0.2) is 49.3 Å². The number of ether oxygens (including phenoxy) is 1. The summed E-state index contributed by atoms with van der Waals surface area (Å²) in [4.78, 5) is 23.2. The number of carbonyl (C=O) groups excluding carboxylic acids is 1. The third kappa shape index (κ3) is 6.81. The monoisotopic (exact) mass is 635 g/mol. The molecule has 1 aromatic heterocycles. The number of amidine groups is 1. The van der Waals surface area contributed by atoms with Crippen LogP contribution >= 0.6 is 24.0 Å². The Balaban J connectivity index is 1.08. The lowest BCUT2D eigenvalue weighted by Gasteiger charge is -2.24. The Morgan fingerprint density at radius 3 is 2.59 bits per heavy atom. The van der Waals surface area contributed by atoms with Gasteiger partial charge in [0.1, 0.15) is 12.1 Å². The van der Waals surface area contributed by atoms with Gasteiger partial charge in [0.25, 0.3) is 0 Å². The van der Waals surface area contributed by atoms with Gasteiger partial charge in [0.15, 0.2) is 11.0 Å². The van der Waals surface area contributed by atoms with Crippen LogP contribution in [0.5, 0.6) is 5.75 Å². The predicted molar refractivity (Wildman–Crippen MR) is 167 cm³/mol. The number of benzene rings is 3. The lowest BCUT2D eigenvalue weighted by Crippen LogP contribution is -2.32. The molecule has 0 atom stereocenters. The number of nitrogens with one attached hydrogen (secondary N) is 1. The number of hydrogen-bond donors (Lipinski definition) is 1. The number of alkyl halides is 3. The van der Waals surface area contributed by atoms with E-state index in [1.54, 1.807) is 11.1 Å². The second-order valence-corrected chi connectivity index (χ2v) is 11.2. The zero-order chi connectivity index (χ0) is 30.7. The molecule has 9 nitrogen and oxygen atoms in total. The number of aromatic nitrogens is 3. The number of anilines is 1. The number of thiocarbonyl (C=S) groups is 1. The molecular formula is C30H24F3N7O2S2. The summed E-state index contributed by atoms with van der Waals surface area (Å²) in [5.41, 5.74) is 8.17. The average Bonchev–Trinajstić information content (AvgIpc) is 3.64. The maximum atomic E-state index is 12.8. The number of halogens is 3. The van der Waals surface area contributed by atoms with Crippen LogP contribution < -0.4 is 15.1 Å². The Hall–Kier alpha value is -4.56. The highest BCUT2D eigenvalue weighted by molar-refractivity contribution is 8.15. The third-order valence-electron chi connectivity index (χ3n) is 6.94. The van der Waals surface area contributed by atoms with Gasteiger partial charge in [-0.25, -0.2) is 9.67 Å². The summed E-state index contributed by atoms with van der Waals surface area (Å²) >= 11 is 6.74. The molecule has 1 aliphatic carbocycles. The van der Waals surface area contributed by atoms with Crippen molar-refractivity contribution in [2.24, 2.45) is 10.1 Å². The minimum absolute atomic E-state index is 0.0214. The standard InChI is InChI=1S/C30H24F3N7O2S2/c31-30(32,33)42-23-14-12-22(13-15-23)39-18-34-27(38-39)21-10-8-19(9-11-21)16-35-37-28(43)36-29-40(26(41)17-44-29)25-7-3-5-20-4-1-2-6-24(20)25/h3,5,7-16,18H,1-2,4,6,17H2,(H,37,43)/b35-16+,36-29?. The van der Waals surface area contributed by atoms with E-state index in [1.165, 1.54) is 58.2 Å². The van der Waals surface area contributed by atoms with E-state index < -0.39 is 6.36 Å². The van der Waals surface area contributed by atoms with Crippen LogP contribution in [0.1, 0.15) is 29.5 Å². The van der Waals surface area contributed by atoms with Crippen LogP contribution in [0.15, 0.2) is 83.2 Å². The molecular weight excluding hydrogens is 612 g/mol. The molecule has 0 saturated carbocycles. The summed E-state index contributed by atoms with van der Waals surface area (Å²) in [6.45, 7) is 0. The normalized spacial score (nSPS) is 16.0. The maximum Gasteiger partial charge on any atom is 0.573 e. The third-order valence-corrected chi connectivity index (χ3v) is 8.05. The van der Waals surface area contributed by atoms with Crippen LogP contribution in [0.3, 0.4) is 0 Å². The average molecular weight is 636 g/mol. The van der Waals surface area contributed by atoms with E-state index in [-0.39, 0.29) is 16.8 Å². The lowest BCUT2D eigenvalue weighted by atomic mass is 9.90. The molecule has 1 aliphatic heterocycles. The molecule has 0 radical (unpaired) electrons. The number of fused-ring (bicyclic) bond motifs is 1.